The van der Waals surface area contributed by atoms with Gasteiger partial charge in [0.15, 0.2) is 0 Å². The molecule has 2 aromatic rings. The van der Waals surface area contributed by atoms with Gasteiger partial charge in [-0.3, -0.25) is 4.98 Å². The van der Waals surface area contributed by atoms with Crippen LogP contribution in [0.25, 0.3) is 0 Å². The zero-order valence-electron chi connectivity index (χ0n) is 11.7. The van der Waals surface area contributed by atoms with Crippen molar-refractivity contribution in [1.29, 1.82) is 0 Å². The summed E-state index contributed by atoms with van der Waals surface area (Å²) in [5.74, 6) is -0.516. The molecule has 4 nitrogen and oxygen atoms in total. The Balaban J connectivity index is 2.09. The van der Waals surface area contributed by atoms with E-state index in [1.807, 2.05) is 42.5 Å². The summed E-state index contributed by atoms with van der Waals surface area (Å²) in [4.78, 5) is 16.7. The summed E-state index contributed by atoms with van der Waals surface area (Å²) in [5.41, 5.74) is 3.43. The fraction of sp³-hybridized carbons (Fsp3) is 0.176. The van der Waals surface area contributed by atoms with E-state index in [9.17, 15) is 4.79 Å². The Morgan fingerprint density at radius 1 is 1.24 bits per heavy atom. The van der Waals surface area contributed by atoms with Crippen molar-refractivity contribution < 1.29 is 9.53 Å². The highest BCUT2D eigenvalue weighted by molar-refractivity contribution is 5.93. The van der Waals surface area contributed by atoms with Gasteiger partial charge in [-0.2, -0.15) is 0 Å². The van der Waals surface area contributed by atoms with E-state index in [4.69, 9.17) is 4.74 Å². The molecule has 1 atom stereocenters. The van der Waals surface area contributed by atoms with E-state index in [1.165, 1.54) is 0 Å². The number of anilines is 1. The first-order valence-corrected chi connectivity index (χ1v) is 6.95. The number of aromatic nitrogens is 1. The van der Waals surface area contributed by atoms with E-state index in [1.54, 1.807) is 19.3 Å². The lowest BCUT2D eigenvalue weighted by Crippen LogP contribution is -2.22. The number of benzene rings is 1. The average Bonchev–Trinajstić information content (AvgIpc) is 2.55. The van der Waals surface area contributed by atoms with Gasteiger partial charge in [0, 0.05) is 18.1 Å². The van der Waals surface area contributed by atoms with E-state index < -0.39 is 0 Å². The van der Waals surface area contributed by atoms with Crippen molar-refractivity contribution in [1.82, 2.24) is 4.98 Å². The van der Waals surface area contributed by atoms with Crippen LogP contribution in [-0.2, 0) is 9.53 Å². The minimum Gasteiger partial charge on any atom is -0.463 e. The second-order valence-corrected chi connectivity index (χ2v) is 4.74. The molecule has 1 N–H and O–H groups in total. The maximum absolute atomic E-state index is 12.2. The van der Waals surface area contributed by atoms with E-state index in [2.05, 4.69) is 10.3 Å². The number of carbonyl (C=O) groups excluding carboxylic acids is 1. The standard InChI is InChI=1S/C17H16N2O2/c1-2-21-17(20)13-11-19-14-8-4-3-7-12(14)16(13)15-9-5-6-10-18-15/h3-11,16,19H,2H2,1H3. The molecule has 3 rings (SSSR count). The number of para-hydroxylation sites is 1. The molecule has 0 saturated carbocycles. The van der Waals surface area contributed by atoms with Crippen molar-refractivity contribution in [2.75, 3.05) is 11.9 Å². The smallest absolute Gasteiger partial charge is 0.336 e. The summed E-state index contributed by atoms with van der Waals surface area (Å²) in [6.45, 7) is 2.16. The molecule has 0 amide bonds. The number of nitrogens with one attached hydrogen (secondary N) is 1. The van der Waals surface area contributed by atoms with Gasteiger partial charge >= 0.3 is 5.97 Å². The molecular formula is C17H16N2O2. The van der Waals surface area contributed by atoms with Crippen molar-refractivity contribution in [3.63, 3.8) is 0 Å². The van der Waals surface area contributed by atoms with Crippen LogP contribution in [0.15, 0.2) is 60.4 Å². The fourth-order valence-corrected chi connectivity index (χ4v) is 2.54. The molecule has 0 radical (unpaired) electrons. The van der Waals surface area contributed by atoms with Gasteiger partial charge < -0.3 is 10.1 Å². The summed E-state index contributed by atoms with van der Waals surface area (Å²) in [6.07, 6.45) is 3.46. The monoisotopic (exact) mass is 280 g/mol. The molecule has 4 heteroatoms. The van der Waals surface area contributed by atoms with Crippen molar-refractivity contribution in [3.05, 3.63) is 71.7 Å². The number of hydrogen-bond donors (Lipinski definition) is 1. The highest BCUT2D eigenvalue weighted by Crippen LogP contribution is 2.38. The predicted octanol–water partition coefficient (Wildman–Crippen LogP) is 3.09. The molecule has 21 heavy (non-hydrogen) atoms. The van der Waals surface area contributed by atoms with Gasteiger partial charge in [0.25, 0.3) is 0 Å². The summed E-state index contributed by atoms with van der Waals surface area (Å²) >= 11 is 0. The SMILES string of the molecule is CCOC(=O)C1=CNc2ccccc2C1c1ccccn1. The van der Waals surface area contributed by atoms with E-state index >= 15 is 0 Å². The lowest BCUT2D eigenvalue weighted by molar-refractivity contribution is -0.138. The van der Waals surface area contributed by atoms with Crippen molar-refractivity contribution in [3.8, 4) is 0 Å². The van der Waals surface area contributed by atoms with Gasteiger partial charge in [-0.1, -0.05) is 24.3 Å². The largest absolute Gasteiger partial charge is 0.463 e. The highest BCUT2D eigenvalue weighted by atomic mass is 16.5. The number of rotatable bonds is 3. The zero-order chi connectivity index (χ0) is 14.7. The number of esters is 1. The van der Waals surface area contributed by atoms with Gasteiger partial charge in [0.05, 0.1) is 23.8 Å². The normalized spacial score (nSPS) is 16.4. The first kappa shape index (κ1) is 13.4. The van der Waals surface area contributed by atoms with E-state index in [0.717, 1.165) is 16.9 Å². The van der Waals surface area contributed by atoms with Gasteiger partial charge in [-0.15, -0.1) is 0 Å². The third-order valence-corrected chi connectivity index (χ3v) is 3.46. The van der Waals surface area contributed by atoms with Crippen LogP contribution < -0.4 is 5.32 Å². The Labute approximate surface area is 123 Å². The Kier molecular flexibility index (Phi) is 3.69. The Bertz CT molecular complexity index is 680. The predicted molar refractivity (Wildman–Crippen MR) is 80.9 cm³/mol. The summed E-state index contributed by atoms with van der Waals surface area (Å²) in [6, 6.07) is 13.6. The number of carbonyl (C=O) groups is 1. The van der Waals surface area contributed by atoms with Gasteiger partial charge in [0.2, 0.25) is 0 Å². The van der Waals surface area contributed by atoms with Crippen LogP contribution in [0.3, 0.4) is 0 Å². The Morgan fingerprint density at radius 2 is 2.05 bits per heavy atom. The minimum absolute atomic E-state index is 0.206. The molecule has 2 heterocycles. The molecule has 1 aromatic carbocycles. The van der Waals surface area contributed by atoms with Crippen LogP contribution in [0.1, 0.15) is 24.1 Å². The summed E-state index contributed by atoms with van der Waals surface area (Å²) in [7, 11) is 0. The third-order valence-electron chi connectivity index (χ3n) is 3.46. The lowest BCUT2D eigenvalue weighted by atomic mass is 9.85. The zero-order valence-corrected chi connectivity index (χ0v) is 11.7. The maximum atomic E-state index is 12.2. The minimum atomic E-state index is -0.310. The first-order valence-electron chi connectivity index (χ1n) is 6.95. The number of hydrogen-bond acceptors (Lipinski definition) is 4. The highest BCUT2D eigenvalue weighted by Gasteiger charge is 2.30. The quantitative estimate of drug-likeness (QED) is 0.878. The van der Waals surface area contributed by atoms with Crippen LogP contribution in [0, 0.1) is 0 Å². The molecule has 1 unspecified atom stereocenters. The Morgan fingerprint density at radius 3 is 2.81 bits per heavy atom. The summed E-state index contributed by atoms with van der Waals surface area (Å²) < 4.78 is 5.17. The van der Waals surface area contributed by atoms with Crippen LogP contribution in [0.4, 0.5) is 5.69 Å². The number of nitrogens with zero attached hydrogens (tertiary/aromatic N) is 1. The van der Waals surface area contributed by atoms with Crippen LogP contribution in [-0.4, -0.2) is 17.6 Å². The van der Waals surface area contributed by atoms with E-state index in [0.29, 0.717) is 12.2 Å². The van der Waals surface area contributed by atoms with Crippen molar-refractivity contribution >= 4 is 11.7 Å². The van der Waals surface area contributed by atoms with Crippen LogP contribution in [0.5, 0.6) is 0 Å². The van der Waals surface area contributed by atoms with Crippen LogP contribution in [0.2, 0.25) is 0 Å². The number of pyridine rings is 1. The van der Waals surface area contributed by atoms with E-state index in [-0.39, 0.29) is 11.9 Å². The molecule has 0 bridgehead atoms. The van der Waals surface area contributed by atoms with Gasteiger partial charge in [-0.05, 0) is 30.7 Å². The third kappa shape index (κ3) is 2.52. The topological polar surface area (TPSA) is 51.2 Å². The van der Waals surface area contributed by atoms with Crippen LogP contribution >= 0.6 is 0 Å². The molecule has 1 aromatic heterocycles. The molecule has 0 aliphatic carbocycles. The molecule has 1 aliphatic rings. The molecular weight excluding hydrogens is 264 g/mol. The molecule has 0 saturated heterocycles. The molecule has 0 fully saturated rings. The second kappa shape index (κ2) is 5.79. The molecule has 106 valence electrons. The Hall–Kier alpha value is -2.62. The second-order valence-electron chi connectivity index (χ2n) is 4.74. The summed E-state index contributed by atoms with van der Waals surface area (Å²) in [5, 5.41) is 3.16. The van der Waals surface area contributed by atoms with Gasteiger partial charge in [-0.25, -0.2) is 4.79 Å². The molecule has 1 aliphatic heterocycles. The van der Waals surface area contributed by atoms with Crippen molar-refractivity contribution in [2.45, 2.75) is 12.8 Å². The van der Waals surface area contributed by atoms with Crippen molar-refractivity contribution in [2.24, 2.45) is 0 Å². The average molecular weight is 280 g/mol. The van der Waals surface area contributed by atoms with Gasteiger partial charge in [0.1, 0.15) is 0 Å². The first-order chi connectivity index (χ1) is 10.3. The fourth-order valence-electron chi connectivity index (χ4n) is 2.54. The molecule has 0 spiro atoms. The number of fused-ring (bicyclic) bond motifs is 1. The number of ether oxygens (including phenoxy) is 1. The lowest BCUT2D eigenvalue weighted by Gasteiger charge is -2.26. The maximum Gasteiger partial charge on any atom is 0.336 e.